The summed E-state index contributed by atoms with van der Waals surface area (Å²) in [6.45, 7) is 7.39. The van der Waals surface area contributed by atoms with Gasteiger partial charge in [0.05, 0.1) is 30.0 Å². The minimum Gasteiger partial charge on any atom is -0.462 e. The molecule has 0 radical (unpaired) electrons. The van der Waals surface area contributed by atoms with Crippen molar-refractivity contribution in [3.8, 4) is 0 Å². The highest BCUT2D eigenvalue weighted by Gasteiger charge is 2.11. The molecule has 1 N–H and O–H groups in total. The predicted molar refractivity (Wildman–Crippen MR) is 93.3 cm³/mol. The fourth-order valence-electron chi connectivity index (χ4n) is 1.74. The van der Waals surface area contributed by atoms with Gasteiger partial charge >= 0.3 is 17.6 Å². The molecule has 2 aromatic heterocycles. The molecule has 10 heteroatoms. The summed E-state index contributed by atoms with van der Waals surface area (Å²) in [5.74, 6) is -0.889. The molecule has 26 heavy (non-hydrogen) atoms. The summed E-state index contributed by atoms with van der Waals surface area (Å²) in [6.07, 6.45) is 2.58. The Hall–Kier alpha value is -2.81. The van der Waals surface area contributed by atoms with E-state index < -0.39 is 17.6 Å². The third kappa shape index (κ3) is 6.25. The summed E-state index contributed by atoms with van der Waals surface area (Å²) in [4.78, 5) is 46.5. The van der Waals surface area contributed by atoms with Crippen molar-refractivity contribution in [3.05, 3.63) is 50.7 Å². The average Bonchev–Trinajstić information content (AvgIpc) is 2.55. The Morgan fingerprint density at radius 1 is 1.04 bits per heavy atom. The molecule has 2 rings (SSSR count). The number of aryl methyl sites for hydroxylation is 2. The Morgan fingerprint density at radius 3 is 2.08 bits per heavy atom. The number of rotatable bonds is 4. The van der Waals surface area contributed by atoms with Gasteiger partial charge in [-0.1, -0.05) is 0 Å². The number of aromatic nitrogens is 4. The van der Waals surface area contributed by atoms with E-state index in [2.05, 4.69) is 19.9 Å². The number of ether oxygens (including phenoxy) is 2. The van der Waals surface area contributed by atoms with Gasteiger partial charge in [0.15, 0.2) is 0 Å². The van der Waals surface area contributed by atoms with Crippen LogP contribution in [0.5, 0.6) is 0 Å². The number of carbonyl (C=O) groups excluding carboxylic acids is 2. The van der Waals surface area contributed by atoms with Crippen molar-refractivity contribution in [2.75, 3.05) is 13.2 Å². The molecule has 0 aromatic carbocycles. The summed E-state index contributed by atoms with van der Waals surface area (Å²) in [5.41, 5.74) is 1.18. The zero-order valence-electron chi connectivity index (χ0n) is 14.8. The van der Waals surface area contributed by atoms with Crippen molar-refractivity contribution >= 4 is 23.5 Å². The van der Waals surface area contributed by atoms with Crippen LogP contribution >= 0.6 is 11.6 Å². The molecule has 0 aliphatic rings. The van der Waals surface area contributed by atoms with Gasteiger partial charge in [-0.15, -0.1) is 0 Å². The largest absolute Gasteiger partial charge is 0.462 e. The van der Waals surface area contributed by atoms with Crippen LogP contribution in [0.4, 0.5) is 0 Å². The van der Waals surface area contributed by atoms with Crippen molar-refractivity contribution in [1.82, 2.24) is 19.9 Å². The fraction of sp³-hybridized carbons (Fsp3) is 0.375. The van der Waals surface area contributed by atoms with E-state index in [0.29, 0.717) is 35.7 Å². The van der Waals surface area contributed by atoms with Crippen LogP contribution in [0.25, 0.3) is 0 Å². The summed E-state index contributed by atoms with van der Waals surface area (Å²) in [7, 11) is 0. The molecule has 0 fully saturated rings. The summed E-state index contributed by atoms with van der Waals surface area (Å²) < 4.78 is 9.53. The molecule has 0 spiro atoms. The molecule has 9 nitrogen and oxygen atoms in total. The van der Waals surface area contributed by atoms with Gasteiger partial charge in [0.1, 0.15) is 0 Å². The number of halogens is 1. The first-order chi connectivity index (χ1) is 12.3. The van der Waals surface area contributed by atoms with Crippen LogP contribution in [0.3, 0.4) is 0 Å². The van der Waals surface area contributed by atoms with E-state index in [1.165, 1.54) is 12.4 Å². The van der Waals surface area contributed by atoms with E-state index in [0.717, 1.165) is 0 Å². The molecule has 0 saturated heterocycles. The molecular formula is C16H19ClN4O5. The van der Waals surface area contributed by atoms with Crippen molar-refractivity contribution in [2.45, 2.75) is 27.7 Å². The van der Waals surface area contributed by atoms with E-state index in [9.17, 15) is 14.4 Å². The van der Waals surface area contributed by atoms with Crippen molar-refractivity contribution in [3.63, 3.8) is 0 Å². The number of hydrogen-bond acceptors (Lipinski definition) is 8. The van der Waals surface area contributed by atoms with Crippen molar-refractivity contribution in [2.24, 2.45) is 0 Å². The first-order valence-corrected chi connectivity index (χ1v) is 8.07. The minimum absolute atomic E-state index is 0.130. The molecule has 140 valence electrons. The van der Waals surface area contributed by atoms with E-state index >= 15 is 0 Å². The van der Waals surface area contributed by atoms with Crippen molar-refractivity contribution in [1.29, 1.82) is 0 Å². The molecule has 0 saturated carbocycles. The third-order valence-corrected chi connectivity index (χ3v) is 3.13. The molecule has 2 heterocycles. The number of aromatic amines is 1. The molecular weight excluding hydrogens is 364 g/mol. The predicted octanol–water partition coefficient (Wildman–Crippen LogP) is 1.87. The van der Waals surface area contributed by atoms with E-state index in [1.807, 2.05) is 0 Å². The number of H-pyrrole nitrogens is 1. The SMILES string of the molecule is CCOC(=O)c1cnc(=O)[nH]c1C.CCOC(=O)c1cnc(Cl)nc1C. The monoisotopic (exact) mass is 382 g/mol. The lowest BCUT2D eigenvalue weighted by Crippen LogP contribution is -2.16. The topological polar surface area (TPSA) is 124 Å². The van der Waals surface area contributed by atoms with Crippen LogP contribution in [0.1, 0.15) is 46.0 Å². The smallest absolute Gasteiger partial charge is 0.345 e. The standard InChI is InChI=1S/C8H9ClN2O2.C8H10N2O3/c1-3-13-7(12)6-4-10-8(9)11-5(6)2;1-3-13-7(11)6-4-9-8(12)10-5(6)2/h4H,3H2,1-2H3;4H,3H2,1-2H3,(H,9,10,12). The summed E-state index contributed by atoms with van der Waals surface area (Å²) in [6, 6.07) is 0. The first kappa shape index (κ1) is 21.2. The van der Waals surface area contributed by atoms with Crippen LogP contribution in [0, 0.1) is 13.8 Å². The van der Waals surface area contributed by atoms with Gasteiger partial charge in [0.25, 0.3) is 0 Å². The number of carbonyl (C=O) groups is 2. The van der Waals surface area contributed by atoms with Gasteiger partial charge in [0, 0.05) is 18.1 Å². The second kappa shape index (κ2) is 10.2. The summed E-state index contributed by atoms with van der Waals surface area (Å²) in [5, 5.41) is 0.130. The van der Waals surface area contributed by atoms with Crippen LogP contribution in [0.15, 0.2) is 17.2 Å². The highest BCUT2D eigenvalue weighted by molar-refractivity contribution is 6.28. The third-order valence-electron chi connectivity index (χ3n) is 2.95. The fourth-order valence-corrected chi connectivity index (χ4v) is 1.92. The number of nitrogens with zero attached hydrogens (tertiary/aromatic N) is 3. The average molecular weight is 383 g/mol. The van der Waals surface area contributed by atoms with Crippen LogP contribution in [0.2, 0.25) is 5.28 Å². The molecule has 2 aromatic rings. The van der Waals surface area contributed by atoms with Gasteiger partial charge < -0.3 is 14.5 Å². The molecule has 0 atom stereocenters. The highest BCUT2D eigenvalue weighted by Crippen LogP contribution is 2.08. The van der Waals surface area contributed by atoms with Crippen LogP contribution < -0.4 is 5.69 Å². The zero-order chi connectivity index (χ0) is 19.7. The van der Waals surface area contributed by atoms with Crippen molar-refractivity contribution < 1.29 is 19.1 Å². The van der Waals surface area contributed by atoms with Gasteiger partial charge in [-0.25, -0.2) is 29.3 Å². The Kier molecular flexibility index (Phi) is 8.36. The van der Waals surface area contributed by atoms with Gasteiger partial charge in [-0.3, -0.25) is 0 Å². The normalized spacial score (nSPS) is 9.73. The number of esters is 2. The maximum Gasteiger partial charge on any atom is 0.345 e. The first-order valence-electron chi connectivity index (χ1n) is 7.69. The lowest BCUT2D eigenvalue weighted by molar-refractivity contribution is 0.0514. The second-order valence-corrected chi connectivity index (χ2v) is 5.14. The van der Waals surface area contributed by atoms with Gasteiger partial charge in [-0.05, 0) is 39.3 Å². The number of nitrogens with one attached hydrogen (secondary N) is 1. The lowest BCUT2D eigenvalue weighted by Gasteiger charge is -2.03. The highest BCUT2D eigenvalue weighted by atomic mass is 35.5. The minimum atomic E-state index is -0.469. The zero-order valence-corrected chi connectivity index (χ0v) is 15.6. The Labute approximate surface area is 154 Å². The molecule has 0 aliphatic heterocycles. The van der Waals surface area contributed by atoms with E-state index in [4.69, 9.17) is 21.1 Å². The number of hydrogen-bond donors (Lipinski definition) is 1. The van der Waals surface area contributed by atoms with E-state index in [1.54, 1.807) is 27.7 Å². The molecule has 0 unspecified atom stereocenters. The lowest BCUT2D eigenvalue weighted by atomic mass is 10.2. The quantitative estimate of drug-likeness (QED) is 0.627. The Morgan fingerprint density at radius 2 is 1.58 bits per heavy atom. The second-order valence-electron chi connectivity index (χ2n) is 4.81. The maximum absolute atomic E-state index is 11.2. The maximum atomic E-state index is 11.2. The Bertz CT molecular complexity index is 838. The summed E-state index contributed by atoms with van der Waals surface area (Å²) >= 11 is 5.52. The van der Waals surface area contributed by atoms with Crippen LogP contribution in [-0.4, -0.2) is 45.1 Å². The molecule has 0 bridgehead atoms. The van der Waals surface area contributed by atoms with Gasteiger partial charge in [-0.2, -0.15) is 0 Å². The Balaban J connectivity index is 0.000000260. The van der Waals surface area contributed by atoms with Gasteiger partial charge in [0.2, 0.25) is 5.28 Å². The molecule has 0 aliphatic carbocycles. The molecule has 0 amide bonds. The van der Waals surface area contributed by atoms with E-state index in [-0.39, 0.29) is 5.28 Å². The van der Waals surface area contributed by atoms with Crippen LogP contribution in [-0.2, 0) is 9.47 Å².